The maximum atomic E-state index is 13.7. The van der Waals surface area contributed by atoms with Crippen LogP contribution < -0.4 is 9.80 Å². The van der Waals surface area contributed by atoms with Gasteiger partial charge in [-0.2, -0.15) is 13.5 Å². The molecule has 15 nitrogen and oxygen atoms in total. The van der Waals surface area contributed by atoms with Crippen molar-refractivity contribution < 1.29 is 25.9 Å². The van der Waals surface area contributed by atoms with Gasteiger partial charge >= 0.3 is 5.00 Å². The summed E-state index contributed by atoms with van der Waals surface area (Å²) in [6, 6.07) is 20.9. The first kappa shape index (κ1) is 44.0. The molecule has 5 aromatic rings. The molecule has 5 rings (SSSR count). The highest BCUT2D eigenvalue weighted by molar-refractivity contribution is 7.90. The molecular weight excluding hydrogens is 824 g/mol. The van der Waals surface area contributed by atoms with Gasteiger partial charge in [-0.1, -0.05) is 17.7 Å². The number of aromatic nitrogens is 1. The van der Waals surface area contributed by atoms with E-state index in [1.165, 1.54) is 18.2 Å². The molecule has 0 amide bonds. The SMILES string of the molecule is CCN(CCOS(=O)(=O)c1c(C)cc(C)c(CCN(CC)c2ccc(N=Nc3ccc(S(C)(=O)=O)cc3Cl)cc2)c1C)c1ccc(N=Nc2ncc([N+](=O)[O-])s2)cc1. The molecule has 1 heterocycles. The Balaban J connectivity index is 1.20. The number of likely N-dealkylation sites (N-methyl/N-ethyl adjacent to an activating group) is 2. The number of azo groups is 2. The second kappa shape index (κ2) is 19.1. The van der Waals surface area contributed by atoms with Crippen molar-refractivity contribution in [1.29, 1.82) is 0 Å². The van der Waals surface area contributed by atoms with Crippen LogP contribution >= 0.6 is 22.9 Å². The van der Waals surface area contributed by atoms with Crippen molar-refractivity contribution in [3.63, 3.8) is 0 Å². The summed E-state index contributed by atoms with van der Waals surface area (Å²) in [4.78, 5) is 18.7. The molecule has 0 spiro atoms. The van der Waals surface area contributed by atoms with E-state index in [0.717, 1.165) is 46.3 Å². The summed E-state index contributed by atoms with van der Waals surface area (Å²) in [5, 5.41) is 27.7. The predicted octanol–water partition coefficient (Wildman–Crippen LogP) is 10.2. The Labute approximate surface area is 347 Å². The lowest BCUT2D eigenvalue weighted by molar-refractivity contribution is -0.380. The Kier molecular flexibility index (Phi) is 14.5. The number of hydrogen-bond acceptors (Lipinski definition) is 15. The molecule has 306 valence electrons. The third-order valence-corrected chi connectivity index (χ3v) is 13.1. The van der Waals surface area contributed by atoms with Gasteiger partial charge in [0.1, 0.15) is 16.8 Å². The maximum Gasteiger partial charge on any atom is 0.345 e. The van der Waals surface area contributed by atoms with Crippen molar-refractivity contribution >= 4 is 81.5 Å². The van der Waals surface area contributed by atoms with Crippen molar-refractivity contribution in [2.75, 3.05) is 48.8 Å². The Bertz CT molecular complexity index is 2550. The minimum absolute atomic E-state index is 0.0653. The van der Waals surface area contributed by atoms with Crippen LogP contribution in [-0.2, 0) is 30.6 Å². The number of sulfone groups is 1. The smallest absolute Gasteiger partial charge is 0.345 e. The first-order chi connectivity index (χ1) is 27.5. The molecule has 4 aromatic carbocycles. The van der Waals surface area contributed by atoms with Gasteiger partial charge in [-0.05, 0) is 141 Å². The Morgan fingerprint density at radius 2 is 1.40 bits per heavy atom. The summed E-state index contributed by atoms with van der Waals surface area (Å²) < 4.78 is 56.7. The molecule has 0 aliphatic rings. The monoisotopic (exact) mass is 866 g/mol. The van der Waals surface area contributed by atoms with E-state index in [4.69, 9.17) is 15.8 Å². The fourth-order valence-electron chi connectivity index (χ4n) is 6.34. The molecule has 19 heteroatoms. The highest BCUT2D eigenvalue weighted by atomic mass is 35.5. The molecule has 0 radical (unpaired) electrons. The lowest BCUT2D eigenvalue weighted by Gasteiger charge is -2.25. The van der Waals surface area contributed by atoms with Crippen molar-refractivity contribution in [3.05, 3.63) is 116 Å². The number of benzene rings is 4. The number of thiazole rings is 1. The second-order valence-electron chi connectivity index (χ2n) is 13.2. The molecular formula is C39H43ClN8O7S3. The van der Waals surface area contributed by atoms with Crippen LogP contribution in [0.1, 0.15) is 36.1 Å². The quantitative estimate of drug-likeness (QED) is 0.0355. The Morgan fingerprint density at radius 1 is 0.810 bits per heavy atom. The first-order valence-corrected chi connectivity index (χ1v) is 22.6. The van der Waals surface area contributed by atoms with Crippen LogP contribution in [0.3, 0.4) is 0 Å². The van der Waals surface area contributed by atoms with E-state index in [-0.39, 0.29) is 31.6 Å². The highest BCUT2D eigenvalue weighted by Crippen LogP contribution is 2.32. The summed E-state index contributed by atoms with van der Waals surface area (Å²) in [5.74, 6) is 0. The largest absolute Gasteiger partial charge is 0.371 e. The van der Waals surface area contributed by atoms with Crippen molar-refractivity contribution in [2.45, 2.75) is 50.8 Å². The van der Waals surface area contributed by atoms with Crippen molar-refractivity contribution in [1.82, 2.24) is 4.98 Å². The van der Waals surface area contributed by atoms with E-state index in [9.17, 15) is 26.9 Å². The van der Waals surface area contributed by atoms with E-state index in [1.807, 2.05) is 68.1 Å². The number of nitro groups is 1. The molecule has 0 fully saturated rings. The maximum absolute atomic E-state index is 13.7. The number of halogens is 1. The molecule has 0 atom stereocenters. The zero-order valence-electron chi connectivity index (χ0n) is 32.8. The van der Waals surface area contributed by atoms with E-state index in [1.54, 1.807) is 19.1 Å². The van der Waals surface area contributed by atoms with Gasteiger partial charge < -0.3 is 9.80 Å². The molecule has 1 aromatic heterocycles. The van der Waals surface area contributed by atoms with E-state index in [0.29, 0.717) is 60.8 Å². The minimum Gasteiger partial charge on any atom is -0.371 e. The first-order valence-electron chi connectivity index (χ1n) is 18.1. The van der Waals surface area contributed by atoms with Crippen molar-refractivity contribution in [3.8, 4) is 0 Å². The zero-order chi connectivity index (χ0) is 42.2. The normalized spacial score (nSPS) is 12.1. The molecule has 58 heavy (non-hydrogen) atoms. The summed E-state index contributed by atoms with van der Waals surface area (Å²) in [6.45, 7) is 11.8. The Morgan fingerprint density at radius 3 is 1.93 bits per heavy atom. The van der Waals surface area contributed by atoms with Crippen LogP contribution in [0.4, 0.5) is 38.6 Å². The van der Waals surface area contributed by atoms with Gasteiger partial charge in [-0.15, -0.1) is 15.3 Å². The number of anilines is 2. The lowest BCUT2D eigenvalue weighted by Crippen LogP contribution is -2.28. The number of rotatable bonds is 18. The van der Waals surface area contributed by atoms with Crippen LogP contribution in [-0.4, -0.2) is 65.8 Å². The van der Waals surface area contributed by atoms with E-state index < -0.39 is 24.9 Å². The molecule has 0 N–H and O–H groups in total. The summed E-state index contributed by atoms with van der Waals surface area (Å²) in [6.07, 6.45) is 2.85. The third kappa shape index (κ3) is 11.1. The van der Waals surface area contributed by atoms with Crippen LogP contribution in [0, 0.1) is 30.9 Å². The molecule has 0 unspecified atom stereocenters. The van der Waals surface area contributed by atoms with Gasteiger partial charge in [0, 0.05) is 43.8 Å². The standard InChI is InChI=1S/C39H43ClN8O7S3/c1-7-46(31-13-9-29(10-14-31)42-44-36-18-17-33(24-35(36)40)57(6,51)52)20-19-34-26(3)23-27(4)38(28(34)5)58(53,54)55-22-21-47(8-2)32-15-11-30(12-16-32)43-45-39-41-25-37(56-39)48(49)50/h9-18,23-25H,7-8,19-22H2,1-6H3. The van der Waals surface area contributed by atoms with Gasteiger partial charge in [0.15, 0.2) is 9.84 Å². The molecule has 0 bridgehead atoms. The van der Waals surface area contributed by atoms with Gasteiger partial charge in [-0.25, -0.2) is 13.4 Å². The fraction of sp³-hybridized carbons (Fsp3) is 0.308. The molecule has 0 saturated carbocycles. The van der Waals surface area contributed by atoms with E-state index in [2.05, 4.69) is 37.3 Å². The van der Waals surface area contributed by atoms with Gasteiger partial charge in [0.2, 0.25) is 5.13 Å². The van der Waals surface area contributed by atoms with Gasteiger partial charge in [0.05, 0.1) is 32.8 Å². The van der Waals surface area contributed by atoms with Crippen LogP contribution in [0.5, 0.6) is 0 Å². The zero-order valence-corrected chi connectivity index (χ0v) is 36.0. The highest BCUT2D eigenvalue weighted by Gasteiger charge is 2.24. The van der Waals surface area contributed by atoms with Gasteiger partial charge in [-0.3, -0.25) is 14.3 Å². The van der Waals surface area contributed by atoms with Gasteiger partial charge in [0.25, 0.3) is 10.1 Å². The second-order valence-corrected chi connectivity index (χ2v) is 18.1. The predicted molar refractivity (Wildman–Crippen MR) is 228 cm³/mol. The van der Waals surface area contributed by atoms with Crippen LogP contribution in [0.15, 0.2) is 109 Å². The fourth-order valence-corrected chi connectivity index (χ4v) is 9.18. The third-order valence-electron chi connectivity index (χ3n) is 9.27. The van der Waals surface area contributed by atoms with E-state index >= 15 is 0 Å². The molecule has 0 aliphatic carbocycles. The molecule has 0 saturated heterocycles. The van der Waals surface area contributed by atoms with Crippen molar-refractivity contribution in [2.24, 2.45) is 20.5 Å². The summed E-state index contributed by atoms with van der Waals surface area (Å²) in [7, 11) is -7.50. The number of nitrogens with zero attached hydrogens (tertiary/aromatic N) is 8. The average Bonchev–Trinajstić information content (AvgIpc) is 3.66. The number of hydrogen-bond donors (Lipinski definition) is 0. The number of aryl methyl sites for hydroxylation is 2. The van der Waals surface area contributed by atoms with Crippen LogP contribution in [0.2, 0.25) is 5.02 Å². The summed E-state index contributed by atoms with van der Waals surface area (Å²) >= 11 is 7.07. The Hall–Kier alpha value is -5.14. The lowest BCUT2D eigenvalue weighted by atomic mass is 9.97. The van der Waals surface area contributed by atoms with Crippen LogP contribution in [0.25, 0.3) is 0 Å². The average molecular weight is 867 g/mol. The minimum atomic E-state index is -4.10. The molecule has 0 aliphatic heterocycles. The summed E-state index contributed by atoms with van der Waals surface area (Å²) in [5.41, 5.74) is 6.48. The topological polar surface area (TPSA) is 189 Å².